The second-order valence-electron chi connectivity index (χ2n) is 5.90. The van der Waals surface area contributed by atoms with Crippen molar-refractivity contribution in [2.24, 2.45) is 0 Å². The number of rotatable bonds is 1. The Bertz CT molecular complexity index is 1060. The number of aromatic nitrogens is 2. The van der Waals surface area contributed by atoms with Crippen LogP contribution < -0.4 is 0 Å². The minimum atomic E-state index is -1.93. The lowest BCUT2D eigenvalue weighted by Gasteiger charge is -2.25. The first-order chi connectivity index (χ1) is 11.6. The fraction of sp³-hybridized carbons (Fsp3) is 0.167. The molecule has 0 amide bonds. The fourth-order valence-corrected chi connectivity index (χ4v) is 4.29. The number of carbonyl (C=O) groups excluding carboxylic acids is 2. The van der Waals surface area contributed by atoms with Gasteiger partial charge >= 0.3 is 7.57 Å². The van der Waals surface area contributed by atoms with Crippen molar-refractivity contribution in [3.8, 4) is 0 Å². The molecule has 4 rings (SSSR count). The van der Waals surface area contributed by atoms with Gasteiger partial charge in [-0.15, -0.1) is 0 Å². The van der Waals surface area contributed by atoms with E-state index in [4.69, 9.17) is 0 Å². The summed E-state index contributed by atoms with van der Waals surface area (Å²) in [5, 5.41) is 0.584. The van der Waals surface area contributed by atoms with Crippen molar-refractivity contribution in [2.75, 3.05) is 0 Å². The van der Waals surface area contributed by atoms with Crippen molar-refractivity contribution in [1.29, 1.82) is 0 Å². The maximum atomic E-state index is 12.9. The van der Waals surface area contributed by atoms with Crippen LogP contribution in [0, 0.1) is 0 Å². The molecule has 0 bridgehead atoms. The minimum absolute atomic E-state index is 0.186. The number of aromatic amines is 1. The van der Waals surface area contributed by atoms with Crippen LogP contribution in [0.5, 0.6) is 0 Å². The highest BCUT2D eigenvalue weighted by atomic mass is 31.1. The molecule has 0 saturated carbocycles. The van der Waals surface area contributed by atoms with E-state index >= 15 is 0 Å². The summed E-state index contributed by atoms with van der Waals surface area (Å²) in [6.07, 6.45) is 0. The van der Waals surface area contributed by atoms with Gasteiger partial charge < -0.3 is 0 Å². The van der Waals surface area contributed by atoms with Crippen molar-refractivity contribution in [3.63, 3.8) is 0 Å². The molecule has 1 N–H and O–H groups in total. The first kappa shape index (κ1) is 14.9. The molecule has 2 aromatic carbocycles. The smallest absolute Gasteiger partial charge is 0.298 e. The second-order valence-corrected chi connectivity index (χ2v) is 7.19. The Hall–Kier alpha value is -2.65. The molecular weight excluding hydrogens is 323 g/mol. The molecule has 0 aliphatic heterocycles. The quantitative estimate of drug-likeness (QED) is 0.682. The summed E-state index contributed by atoms with van der Waals surface area (Å²) in [7, 11) is -1.93. The van der Waals surface area contributed by atoms with E-state index in [0.29, 0.717) is 16.2 Å². The lowest BCUT2D eigenvalue weighted by molar-refractivity contribution is -0.121. The average Bonchev–Trinajstić information content (AvgIpc) is 2.60. The fourth-order valence-electron chi connectivity index (χ4n) is 3.22. The predicted molar refractivity (Wildman–Crippen MR) is 90.6 cm³/mol. The molecule has 6 heteroatoms. The molecule has 1 heterocycles. The maximum absolute atomic E-state index is 12.9. The number of H-pyrrole nitrogens is 1. The van der Waals surface area contributed by atoms with E-state index in [2.05, 4.69) is 9.73 Å². The van der Waals surface area contributed by atoms with Crippen LogP contribution in [0.15, 0.2) is 48.5 Å². The second kappa shape index (κ2) is 5.46. The molecule has 24 heavy (non-hydrogen) atoms. The van der Waals surface area contributed by atoms with Crippen molar-refractivity contribution in [2.45, 2.75) is 18.8 Å². The zero-order valence-corrected chi connectivity index (χ0v) is 13.8. The number of nitrogens with one attached hydrogen (secondary N) is 1. The number of ketones is 2. The molecule has 0 saturated heterocycles. The molecule has 3 aromatic rings. The highest BCUT2D eigenvalue weighted by Gasteiger charge is 2.42. The van der Waals surface area contributed by atoms with Gasteiger partial charge in [0.25, 0.3) is 0 Å². The van der Waals surface area contributed by atoms with Crippen molar-refractivity contribution >= 4 is 29.8 Å². The lowest BCUT2D eigenvalue weighted by atomic mass is 9.75. The zero-order valence-electron chi connectivity index (χ0n) is 12.9. The molecule has 5 nitrogen and oxygen atoms in total. The molecule has 0 radical (unpaired) electrons. The molecule has 0 spiro atoms. The molecule has 1 aliphatic carbocycles. The third-order valence-electron chi connectivity index (χ3n) is 4.50. The van der Waals surface area contributed by atoms with Gasteiger partial charge in [-0.25, -0.2) is 4.98 Å². The Morgan fingerprint density at radius 3 is 2.58 bits per heavy atom. The average molecular weight is 337 g/mol. The summed E-state index contributed by atoms with van der Waals surface area (Å²) >= 11 is 0. The monoisotopic (exact) mass is 337 g/mol. The first-order valence-corrected chi connectivity index (χ1v) is 8.92. The van der Waals surface area contributed by atoms with E-state index in [9.17, 15) is 14.2 Å². The van der Waals surface area contributed by atoms with Gasteiger partial charge in [-0.3, -0.25) is 9.59 Å². The Labute approximate surface area is 138 Å². The summed E-state index contributed by atoms with van der Waals surface area (Å²) in [5.41, 5.74) is 1.82. The number of fused-ring (bicyclic) bond motifs is 2. The maximum Gasteiger partial charge on any atom is 0.502 e. The summed E-state index contributed by atoms with van der Waals surface area (Å²) in [4.78, 5) is 30.0. The number of hydrogen-bond donors (Lipinski definition) is 1. The van der Waals surface area contributed by atoms with E-state index in [0.717, 1.165) is 5.56 Å². The number of para-hydroxylation sites is 1. The Morgan fingerprint density at radius 1 is 1.04 bits per heavy atom. The van der Waals surface area contributed by atoms with Crippen LogP contribution in [0.4, 0.5) is 0 Å². The molecule has 1 aromatic heterocycles. The van der Waals surface area contributed by atoms with Crippen LogP contribution in [0.25, 0.3) is 10.6 Å². The third-order valence-corrected chi connectivity index (χ3v) is 5.75. The zero-order chi connectivity index (χ0) is 16.8. The number of nitrogens with zero attached hydrogens (tertiary/aromatic N) is 1. The van der Waals surface area contributed by atoms with Gasteiger partial charge in [0.15, 0.2) is 17.4 Å². The summed E-state index contributed by atoms with van der Waals surface area (Å²) < 4.78 is 15.2. The minimum Gasteiger partial charge on any atom is -0.298 e. The number of Topliss-reactive ketones (excluding diaryl/α,β-unsaturated/α-hetero) is 2. The molecular formula is C18H14N2O3P+. The predicted octanol–water partition coefficient (Wildman–Crippen LogP) is 3.96. The van der Waals surface area contributed by atoms with Gasteiger partial charge in [0.2, 0.25) is 5.12 Å². The summed E-state index contributed by atoms with van der Waals surface area (Å²) in [5.74, 6) is -1.74. The van der Waals surface area contributed by atoms with E-state index in [-0.39, 0.29) is 17.4 Å². The van der Waals surface area contributed by atoms with Crippen LogP contribution in [-0.2, 0) is 9.36 Å². The van der Waals surface area contributed by atoms with Gasteiger partial charge in [0.05, 0.1) is 0 Å². The number of benzene rings is 2. The van der Waals surface area contributed by atoms with Crippen LogP contribution in [0.2, 0.25) is 0 Å². The van der Waals surface area contributed by atoms with Crippen LogP contribution in [-0.4, -0.2) is 21.3 Å². The van der Waals surface area contributed by atoms with Gasteiger partial charge in [-0.2, -0.15) is 4.75 Å². The van der Waals surface area contributed by atoms with Crippen LogP contribution in [0.3, 0.4) is 0 Å². The van der Waals surface area contributed by atoms with Gasteiger partial charge in [-0.05, 0) is 22.3 Å². The SMILES string of the molecule is CC1C(=O)C(c2nc3ccccc3[p+](=O)[nH]2)C(=O)c2ccccc21. The van der Waals surface area contributed by atoms with E-state index in [1.165, 1.54) is 0 Å². The van der Waals surface area contributed by atoms with Crippen molar-refractivity contribution in [1.82, 2.24) is 9.73 Å². The molecule has 3 unspecified atom stereocenters. The molecule has 118 valence electrons. The summed E-state index contributed by atoms with van der Waals surface area (Å²) in [6.45, 7) is 1.79. The first-order valence-electron chi connectivity index (χ1n) is 7.66. The highest BCUT2D eigenvalue weighted by Crippen LogP contribution is 2.37. The van der Waals surface area contributed by atoms with E-state index in [1.807, 2.05) is 6.07 Å². The van der Waals surface area contributed by atoms with Gasteiger partial charge in [0.1, 0.15) is 11.4 Å². The summed E-state index contributed by atoms with van der Waals surface area (Å²) in [6, 6.07) is 14.2. The highest BCUT2D eigenvalue weighted by molar-refractivity contribution is 7.38. The molecule has 1 aliphatic rings. The standard InChI is InChI=1S/C18H14N2O3P/c1-10-11-6-2-3-7-12(11)17(22)15(16(10)21)18-19-13-8-4-5-9-14(13)24(23)20-18/h2-10,15H,1H3,(H,19,20,23)/q+1. The largest absolute Gasteiger partial charge is 0.502 e. The number of carbonyl (C=O) groups is 2. The third kappa shape index (κ3) is 2.13. The van der Waals surface area contributed by atoms with Crippen LogP contribution >= 0.6 is 7.57 Å². The van der Waals surface area contributed by atoms with E-state index in [1.54, 1.807) is 49.4 Å². The molecule has 0 fully saturated rings. The van der Waals surface area contributed by atoms with Gasteiger partial charge in [0, 0.05) is 11.5 Å². The van der Waals surface area contributed by atoms with E-state index < -0.39 is 19.4 Å². The van der Waals surface area contributed by atoms with Crippen molar-refractivity contribution in [3.05, 3.63) is 65.5 Å². The van der Waals surface area contributed by atoms with Gasteiger partial charge in [-0.1, -0.05) is 43.3 Å². The topological polar surface area (TPSA) is 79.9 Å². The Balaban J connectivity index is 1.92. The van der Waals surface area contributed by atoms with Crippen molar-refractivity contribution < 1.29 is 14.2 Å². The molecule has 3 atom stereocenters. The Kier molecular flexibility index (Phi) is 3.39. The normalized spacial score (nSPS) is 21.0. The Morgan fingerprint density at radius 2 is 1.75 bits per heavy atom. The van der Waals surface area contributed by atoms with Crippen LogP contribution in [0.1, 0.15) is 40.5 Å². The lowest BCUT2D eigenvalue weighted by Crippen LogP contribution is -2.33. The number of hydrogen-bond acceptors (Lipinski definition) is 4.